The van der Waals surface area contributed by atoms with Crippen LogP contribution in [0.15, 0.2) is 0 Å². The molecule has 0 aromatic heterocycles. The summed E-state index contributed by atoms with van der Waals surface area (Å²) >= 11 is 0. The number of esters is 5. The Morgan fingerprint density at radius 3 is 0.932 bits per heavy atom. The molecule has 0 spiro atoms. The number of Topliss-reactive ketones (excluding diaryl/α,β-unsaturated/α-hetero) is 1. The zero-order valence-electron chi connectivity index (χ0n) is 61.8. The Labute approximate surface area is 546 Å². The van der Waals surface area contributed by atoms with Crippen molar-refractivity contribution in [2.75, 3.05) is 52.7 Å². The van der Waals surface area contributed by atoms with Gasteiger partial charge in [0.2, 0.25) is 0 Å². The summed E-state index contributed by atoms with van der Waals surface area (Å²) in [6.07, 6.45) is 41.9. The second kappa shape index (κ2) is 89.9. The van der Waals surface area contributed by atoms with Crippen LogP contribution < -0.4 is 0 Å². The van der Waals surface area contributed by atoms with Gasteiger partial charge in [0.25, 0.3) is 0 Å². The molecule has 0 radical (unpaired) electrons. The number of ether oxygens (including phenoxy) is 5. The first-order chi connectivity index (χ1) is 42.2. The van der Waals surface area contributed by atoms with E-state index in [1.807, 2.05) is 41.5 Å². The van der Waals surface area contributed by atoms with Crippen molar-refractivity contribution in [3.8, 4) is 0 Å². The van der Waals surface area contributed by atoms with E-state index in [2.05, 4.69) is 80.9 Å². The molecule has 0 saturated carbocycles. The molecule has 0 saturated heterocycles. The summed E-state index contributed by atoms with van der Waals surface area (Å²) in [4.78, 5) is 79.8. The third-order valence-electron chi connectivity index (χ3n) is 14.1. The van der Waals surface area contributed by atoms with E-state index in [1.165, 1.54) is 155 Å². The number of carbonyl (C=O) groups is 7. The molecule has 0 aliphatic carbocycles. The highest BCUT2D eigenvalue weighted by atomic mass is 16.5. The second-order valence-corrected chi connectivity index (χ2v) is 23.0. The molecule has 88 heavy (non-hydrogen) atoms. The molecule has 0 aliphatic rings. The summed E-state index contributed by atoms with van der Waals surface area (Å²) in [5.41, 5.74) is 0. The van der Waals surface area contributed by atoms with Gasteiger partial charge in [0.1, 0.15) is 5.78 Å². The van der Waals surface area contributed by atoms with Crippen molar-refractivity contribution in [3.63, 3.8) is 0 Å². The van der Waals surface area contributed by atoms with Crippen molar-refractivity contribution >= 4 is 41.6 Å². The van der Waals surface area contributed by atoms with Crippen molar-refractivity contribution in [3.05, 3.63) is 0 Å². The summed E-state index contributed by atoms with van der Waals surface area (Å²) in [5, 5.41) is 7.72. The van der Waals surface area contributed by atoms with E-state index in [1.54, 1.807) is 11.8 Å². The predicted molar refractivity (Wildman–Crippen MR) is 373 cm³/mol. The fraction of sp³-hybridized carbons (Fsp3) is 0.905. The number of carboxylic acid groups (broad SMARTS) is 1. The molecule has 0 aromatic carbocycles. The van der Waals surface area contributed by atoms with Gasteiger partial charge in [-0.05, 0) is 50.4 Å². The van der Waals surface area contributed by atoms with E-state index in [-0.39, 0.29) is 67.6 Å². The van der Waals surface area contributed by atoms with Gasteiger partial charge in [-0.15, -0.1) is 0 Å². The minimum atomic E-state index is -0.745. The zero-order valence-corrected chi connectivity index (χ0v) is 61.8. The number of aliphatic carboxylic acids is 1. The van der Waals surface area contributed by atoms with Gasteiger partial charge in [-0.3, -0.25) is 38.5 Å². The van der Waals surface area contributed by atoms with Crippen LogP contribution in [0.25, 0.3) is 0 Å². The van der Waals surface area contributed by atoms with Gasteiger partial charge in [0, 0.05) is 32.1 Å². The average molecular weight is 1260 g/mol. The molecule has 0 fully saturated rings. The highest BCUT2D eigenvalue weighted by molar-refractivity contribution is 5.84. The maximum absolute atomic E-state index is 12.4. The Balaban J connectivity index is -0.000000159. The summed E-state index contributed by atoms with van der Waals surface area (Å²) < 4.78 is 25.4. The fourth-order valence-corrected chi connectivity index (χ4v) is 7.28. The van der Waals surface area contributed by atoms with Gasteiger partial charge in [-0.2, -0.15) is 0 Å². The minimum absolute atomic E-state index is 0.0251. The van der Waals surface area contributed by atoms with Crippen LogP contribution in [0, 0.1) is 17.8 Å². The largest absolute Gasteiger partial charge is 0.481 e. The summed E-state index contributed by atoms with van der Waals surface area (Å²) in [5.74, 6) is -0.480. The number of rotatable bonds is 49. The Bertz CT molecular complexity index is 1390. The van der Waals surface area contributed by atoms with E-state index in [0.717, 1.165) is 76.5 Å². The standard InChI is InChI=1S/C26H49NO5.C14H28O2.C11H22O2.C9H20.C5H10O2.C4H10.C3H6O2.C2H6/c1-5-8-10-12-14-16-18-31-25(29)21-27(20-24(28)23(4)7-3)22-26(30)32-19-17-15-13-11-9-6-2;1-4-6-7-8-9-10-11-16-14(15)12-13(3)5-2;1-3-5-6-7-8-9-10-13-11(12)4-2;1-4-6-7-8-9(3)5-2;1-3-4-7-5(2)6;1-3-4-2;1-2-3(4)5;1-2/h23H,5-22H2,1-4H3;13H,4-12H2,1-3H3;3-10H2,1-2H3;9H,4-8H2,1-3H3;3-4H2,1-2H3;3-4H2,1-2H3;2H2,1H3,(H,4,5);1-2H3. The molecule has 0 rings (SSSR count). The number of hydrogen-bond donors (Lipinski definition) is 1. The monoisotopic (exact) mass is 1260 g/mol. The third kappa shape index (κ3) is 104. The zero-order chi connectivity index (χ0) is 68.7. The predicted octanol–water partition coefficient (Wildman–Crippen LogP) is 21.2. The molecule has 0 aromatic rings. The lowest BCUT2D eigenvalue weighted by molar-refractivity contribution is -0.150. The van der Waals surface area contributed by atoms with Crippen LogP contribution in [0.2, 0.25) is 0 Å². The van der Waals surface area contributed by atoms with Crippen LogP contribution in [-0.4, -0.2) is 104 Å². The highest BCUT2D eigenvalue weighted by Gasteiger charge is 2.22. The number of carbonyl (C=O) groups excluding carboxylic acids is 6. The van der Waals surface area contributed by atoms with E-state index in [4.69, 9.17) is 24.1 Å². The Kier molecular flexibility index (Phi) is 103. The van der Waals surface area contributed by atoms with Crippen LogP contribution >= 0.6 is 0 Å². The summed E-state index contributed by atoms with van der Waals surface area (Å²) in [6.45, 7) is 41.3. The van der Waals surface area contributed by atoms with E-state index in [9.17, 15) is 33.6 Å². The molecule has 14 nitrogen and oxygen atoms in total. The fourth-order valence-electron chi connectivity index (χ4n) is 7.28. The number of nitrogens with zero attached hydrogens (tertiary/aromatic N) is 1. The van der Waals surface area contributed by atoms with Crippen LogP contribution in [0.5, 0.6) is 0 Å². The summed E-state index contributed by atoms with van der Waals surface area (Å²) in [7, 11) is 0. The molecule has 530 valence electrons. The quantitative estimate of drug-likeness (QED) is 0.0344. The molecule has 3 unspecified atom stereocenters. The lowest BCUT2D eigenvalue weighted by atomic mass is 10.0. The van der Waals surface area contributed by atoms with E-state index in [0.29, 0.717) is 51.8 Å². The van der Waals surface area contributed by atoms with Gasteiger partial charge in [0.05, 0.1) is 52.7 Å². The molecule has 1 N–H and O–H groups in total. The number of ketones is 1. The first-order valence-corrected chi connectivity index (χ1v) is 36.4. The molecule has 3 atom stereocenters. The number of unbranched alkanes of at least 4 members (excludes halogenated alkanes) is 23. The molecular weight excluding hydrogens is 1110 g/mol. The minimum Gasteiger partial charge on any atom is -0.481 e. The van der Waals surface area contributed by atoms with Crippen molar-refractivity contribution < 1.29 is 62.4 Å². The molecule has 0 bridgehead atoms. The maximum Gasteiger partial charge on any atom is 0.320 e. The molecule has 0 heterocycles. The molecule has 0 amide bonds. The average Bonchev–Trinajstić information content (AvgIpc) is 3.72. The first-order valence-electron chi connectivity index (χ1n) is 36.4. The lowest BCUT2D eigenvalue weighted by Crippen LogP contribution is -2.40. The number of hydrogen-bond acceptors (Lipinski definition) is 13. The molecule has 14 heteroatoms. The van der Waals surface area contributed by atoms with Crippen LogP contribution in [0.3, 0.4) is 0 Å². The van der Waals surface area contributed by atoms with Gasteiger partial charge >= 0.3 is 35.8 Å². The normalized spacial score (nSPS) is 11.0. The van der Waals surface area contributed by atoms with Crippen LogP contribution in [0.1, 0.15) is 369 Å². The van der Waals surface area contributed by atoms with Gasteiger partial charge in [-0.1, -0.05) is 304 Å². The maximum atomic E-state index is 12.4. The smallest absolute Gasteiger partial charge is 0.320 e. The summed E-state index contributed by atoms with van der Waals surface area (Å²) in [6, 6.07) is 0. The Hall–Kier alpha value is -3.55. The van der Waals surface area contributed by atoms with Gasteiger partial charge in [0.15, 0.2) is 0 Å². The van der Waals surface area contributed by atoms with E-state index >= 15 is 0 Å². The van der Waals surface area contributed by atoms with Gasteiger partial charge < -0.3 is 28.8 Å². The van der Waals surface area contributed by atoms with E-state index < -0.39 is 5.97 Å². The Morgan fingerprint density at radius 1 is 0.341 bits per heavy atom. The van der Waals surface area contributed by atoms with Gasteiger partial charge in [-0.25, -0.2) is 0 Å². The number of carboxylic acids is 1. The SMILES string of the molecule is CC.CCC(=O)O.CCCC.CCCCCC(C)CC.CCCCCCCCOC(=O)CC.CCCCCCCCOC(=O)CC(C)CC.CCCCCCCCOC(=O)CN(CC(=O)OCCCCCCCC)CC(=O)C(C)CC.CCCOC(C)=O. The topological polar surface area (TPSA) is 189 Å². The van der Waals surface area contributed by atoms with Crippen molar-refractivity contribution in [1.29, 1.82) is 0 Å². The molecule has 0 aliphatic heterocycles. The van der Waals surface area contributed by atoms with Crippen molar-refractivity contribution in [1.82, 2.24) is 4.90 Å². The lowest BCUT2D eigenvalue weighted by Gasteiger charge is -2.21. The molecular formula is C74H151NO13. The van der Waals surface area contributed by atoms with Crippen molar-refractivity contribution in [2.24, 2.45) is 17.8 Å². The Morgan fingerprint density at radius 2 is 0.659 bits per heavy atom. The first kappa shape index (κ1) is 101. The second-order valence-electron chi connectivity index (χ2n) is 23.0. The van der Waals surface area contributed by atoms with Crippen LogP contribution in [0.4, 0.5) is 0 Å². The van der Waals surface area contributed by atoms with Crippen molar-refractivity contribution in [2.45, 2.75) is 369 Å². The highest BCUT2D eigenvalue weighted by Crippen LogP contribution is 2.13. The third-order valence-corrected chi connectivity index (χ3v) is 14.1. The van der Waals surface area contributed by atoms with Crippen LogP contribution in [-0.2, 0) is 57.2 Å².